The molecule has 2 fully saturated rings. The van der Waals surface area contributed by atoms with Gasteiger partial charge in [0.15, 0.2) is 0 Å². The van der Waals surface area contributed by atoms with Gasteiger partial charge in [0.1, 0.15) is 0 Å². The van der Waals surface area contributed by atoms with Gasteiger partial charge in [-0.25, -0.2) is 0 Å². The van der Waals surface area contributed by atoms with Gasteiger partial charge in [0.2, 0.25) is 0 Å². The number of nitrogens with one attached hydrogen (secondary N) is 1. The van der Waals surface area contributed by atoms with Crippen molar-refractivity contribution < 1.29 is 0 Å². The smallest absolute Gasteiger partial charge is 0.0110 e. The quantitative estimate of drug-likeness (QED) is 0.668. The Balaban J connectivity index is 1.55. The summed E-state index contributed by atoms with van der Waals surface area (Å²) in [6.07, 6.45) is 5.78. The lowest BCUT2D eigenvalue weighted by molar-refractivity contribution is 0.271. The molecule has 0 radical (unpaired) electrons. The Morgan fingerprint density at radius 2 is 2.00 bits per heavy atom. The van der Waals surface area contributed by atoms with Gasteiger partial charge < -0.3 is 5.32 Å². The number of hydrogen-bond donors (Lipinski definition) is 1. The molecule has 0 aromatic heterocycles. The number of likely N-dealkylation sites (N-methyl/N-ethyl adjacent to an activating group) is 1. The van der Waals surface area contributed by atoms with Crippen molar-refractivity contribution in [3.8, 4) is 0 Å². The maximum atomic E-state index is 3.65. The van der Waals surface area contributed by atoms with Crippen LogP contribution in [0.15, 0.2) is 0 Å². The molecule has 0 amide bonds. The maximum Gasteiger partial charge on any atom is 0.0110 e. The van der Waals surface area contributed by atoms with Crippen molar-refractivity contribution in [2.24, 2.45) is 5.92 Å². The molecule has 2 aliphatic carbocycles. The van der Waals surface area contributed by atoms with Crippen molar-refractivity contribution in [3.05, 3.63) is 0 Å². The zero-order valence-electron chi connectivity index (χ0n) is 9.63. The van der Waals surface area contributed by atoms with Crippen LogP contribution in [0.5, 0.6) is 0 Å². The van der Waals surface area contributed by atoms with E-state index in [0.717, 1.165) is 18.0 Å². The third-order valence-corrected chi connectivity index (χ3v) is 3.66. The highest BCUT2D eigenvalue weighted by Crippen LogP contribution is 2.32. The Kier molecular flexibility index (Phi) is 3.45. The molecule has 2 saturated carbocycles. The highest BCUT2D eigenvalue weighted by molar-refractivity contribution is 4.86. The first-order valence-corrected chi connectivity index (χ1v) is 6.28. The zero-order chi connectivity index (χ0) is 9.97. The molecule has 0 aliphatic heterocycles. The Labute approximate surface area is 88.1 Å². The number of nitrogens with zero attached hydrogens (tertiary/aromatic N) is 1. The average molecular weight is 196 g/mol. The summed E-state index contributed by atoms with van der Waals surface area (Å²) in [5.74, 6) is 0.992. The average Bonchev–Trinajstić information content (AvgIpc) is 3.05. The minimum absolute atomic E-state index is 0.757. The van der Waals surface area contributed by atoms with Crippen LogP contribution in [0.25, 0.3) is 0 Å². The van der Waals surface area contributed by atoms with E-state index in [0.29, 0.717) is 0 Å². The first-order chi connectivity index (χ1) is 6.81. The van der Waals surface area contributed by atoms with Crippen LogP contribution in [0.3, 0.4) is 0 Å². The van der Waals surface area contributed by atoms with Gasteiger partial charge >= 0.3 is 0 Å². The normalized spacial score (nSPS) is 24.2. The van der Waals surface area contributed by atoms with Gasteiger partial charge in [-0.1, -0.05) is 6.92 Å². The molecule has 0 bridgehead atoms. The monoisotopic (exact) mass is 196 g/mol. The lowest BCUT2D eigenvalue weighted by Gasteiger charge is -2.21. The molecule has 2 rings (SSSR count). The Morgan fingerprint density at radius 1 is 1.29 bits per heavy atom. The van der Waals surface area contributed by atoms with Crippen LogP contribution >= 0.6 is 0 Å². The van der Waals surface area contributed by atoms with Crippen molar-refractivity contribution in [3.63, 3.8) is 0 Å². The summed E-state index contributed by atoms with van der Waals surface area (Å²) in [5, 5.41) is 3.65. The number of rotatable bonds is 7. The van der Waals surface area contributed by atoms with Gasteiger partial charge in [-0.05, 0) is 45.1 Å². The third-order valence-electron chi connectivity index (χ3n) is 3.66. The summed E-state index contributed by atoms with van der Waals surface area (Å²) < 4.78 is 0. The second kappa shape index (κ2) is 4.63. The minimum Gasteiger partial charge on any atom is -0.313 e. The lowest BCUT2D eigenvalue weighted by Crippen LogP contribution is -2.37. The molecule has 0 spiro atoms. The van der Waals surface area contributed by atoms with Crippen LogP contribution in [0.4, 0.5) is 0 Å². The lowest BCUT2D eigenvalue weighted by atomic mass is 10.2. The van der Waals surface area contributed by atoms with E-state index in [2.05, 4.69) is 24.1 Å². The molecule has 0 heterocycles. The van der Waals surface area contributed by atoms with E-state index in [9.17, 15) is 0 Å². The summed E-state index contributed by atoms with van der Waals surface area (Å²) in [7, 11) is 0. The fraction of sp³-hybridized carbons (Fsp3) is 1.00. The van der Waals surface area contributed by atoms with Crippen molar-refractivity contribution in [2.75, 3.05) is 19.6 Å². The maximum absolute atomic E-state index is 3.65. The topological polar surface area (TPSA) is 15.3 Å². The largest absolute Gasteiger partial charge is 0.313 e. The Bertz CT molecular complexity index is 173. The highest BCUT2D eigenvalue weighted by Gasteiger charge is 2.29. The van der Waals surface area contributed by atoms with Crippen LogP contribution in [-0.4, -0.2) is 36.6 Å². The summed E-state index contributed by atoms with van der Waals surface area (Å²) >= 11 is 0. The molecule has 0 aromatic rings. The highest BCUT2D eigenvalue weighted by atomic mass is 15.2. The molecule has 1 atom stereocenters. The second-order valence-corrected chi connectivity index (χ2v) is 4.94. The van der Waals surface area contributed by atoms with Crippen LogP contribution in [-0.2, 0) is 0 Å². The SMILES string of the molecule is CCN(CCNC(C)C1CC1)C1CC1. The predicted octanol–water partition coefficient (Wildman–Crippen LogP) is 1.86. The van der Waals surface area contributed by atoms with Crippen LogP contribution in [0.1, 0.15) is 39.5 Å². The molecule has 1 N–H and O–H groups in total. The molecule has 2 aliphatic rings. The second-order valence-electron chi connectivity index (χ2n) is 4.94. The van der Waals surface area contributed by atoms with E-state index < -0.39 is 0 Å². The molecule has 0 saturated heterocycles. The summed E-state index contributed by atoms with van der Waals surface area (Å²) in [4.78, 5) is 2.62. The fourth-order valence-electron chi connectivity index (χ4n) is 2.24. The van der Waals surface area contributed by atoms with Gasteiger partial charge in [0.05, 0.1) is 0 Å². The van der Waals surface area contributed by atoms with Crippen molar-refractivity contribution in [1.82, 2.24) is 10.2 Å². The molecule has 14 heavy (non-hydrogen) atoms. The third kappa shape index (κ3) is 2.96. The van der Waals surface area contributed by atoms with Gasteiger partial charge in [0.25, 0.3) is 0 Å². The van der Waals surface area contributed by atoms with Crippen LogP contribution < -0.4 is 5.32 Å². The van der Waals surface area contributed by atoms with Crippen LogP contribution in [0, 0.1) is 5.92 Å². The predicted molar refractivity (Wildman–Crippen MR) is 60.5 cm³/mol. The standard InChI is InChI=1S/C12H24N2/c1-3-14(12-6-7-12)9-8-13-10(2)11-4-5-11/h10-13H,3-9H2,1-2H3. The Morgan fingerprint density at radius 3 is 2.50 bits per heavy atom. The van der Waals surface area contributed by atoms with Gasteiger partial charge in [-0.15, -0.1) is 0 Å². The molecule has 1 unspecified atom stereocenters. The summed E-state index contributed by atoms with van der Waals surface area (Å²) in [6.45, 7) is 8.28. The summed E-state index contributed by atoms with van der Waals surface area (Å²) in [6, 6.07) is 1.69. The van der Waals surface area contributed by atoms with Crippen molar-refractivity contribution >= 4 is 0 Å². The Hall–Kier alpha value is -0.0800. The number of hydrogen-bond acceptors (Lipinski definition) is 2. The zero-order valence-corrected chi connectivity index (χ0v) is 9.63. The van der Waals surface area contributed by atoms with Gasteiger partial charge in [-0.2, -0.15) is 0 Å². The molecular formula is C12H24N2. The van der Waals surface area contributed by atoms with E-state index in [-0.39, 0.29) is 0 Å². The first kappa shape index (κ1) is 10.4. The van der Waals surface area contributed by atoms with E-state index in [1.54, 1.807) is 0 Å². The van der Waals surface area contributed by atoms with Crippen LogP contribution in [0.2, 0.25) is 0 Å². The first-order valence-electron chi connectivity index (χ1n) is 6.28. The summed E-state index contributed by atoms with van der Waals surface area (Å²) in [5.41, 5.74) is 0. The van der Waals surface area contributed by atoms with E-state index in [1.807, 2.05) is 0 Å². The molecule has 2 heteroatoms. The molecule has 0 aromatic carbocycles. The van der Waals surface area contributed by atoms with Crippen molar-refractivity contribution in [1.29, 1.82) is 0 Å². The van der Waals surface area contributed by atoms with Gasteiger partial charge in [-0.3, -0.25) is 4.90 Å². The molecule has 2 nitrogen and oxygen atoms in total. The minimum atomic E-state index is 0.757. The van der Waals surface area contributed by atoms with Crippen molar-refractivity contribution in [2.45, 2.75) is 51.6 Å². The molecule has 82 valence electrons. The fourth-order valence-corrected chi connectivity index (χ4v) is 2.24. The molecular weight excluding hydrogens is 172 g/mol. The van der Waals surface area contributed by atoms with Gasteiger partial charge in [0, 0.05) is 25.2 Å². The van der Waals surface area contributed by atoms with E-state index in [1.165, 1.54) is 45.3 Å². The van der Waals surface area contributed by atoms with E-state index in [4.69, 9.17) is 0 Å². The van der Waals surface area contributed by atoms with E-state index >= 15 is 0 Å².